The first-order valence-corrected chi connectivity index (χ1v) is 8.87. The van der Waals surface area contributed by atoms with Crippen molar-refractivity contribution in [3.05, 3.63) is 46.0 Å². The van der Waals surface area contributed by atoms with Crippen molar-refractivity contribution in [1.29, 1.82) is 0 Å². The molecule has 1 aliphatic heterocycles. The first-order valence-electron chi connectivity index (χ1n) is 8.87. The molecule has 1 aliphatic rings. The lowest BCUT2D eigenvalue weighted by Gasteiger charge is -2.32. The van der Waals surface area contributed by atoms with Gasteiger partial charge in [-0.05, 0) is 0 Å². The molecule has 1 aromatic heterocycles. The van der Waals surface area contributed by atoms with Gasteiger partial charge in [-0.15, -0.1) is 0 Å². The molecular formula is C17H24N7O3+. The van der Waals surface area contributed by atoms with Gasteiger partial charge in [0.25, 0.3) is 0 Å². The molecule has 0 atom stereocenters. The number of benzene rings is 1. The van der Waals surface area contributed by atoms with Crippen molar-refractivity contribution < 1.29 is 14.9 Å². The number of nitrogens with two attached hydrogens (primary N) is 1. The van der Waals surface area contributed by atoms with Crippen LogP contribution < -0.4 is 20.9 Å². The van der Waals surface area contributed by atoms with E-state index in [2.05, 4.69) is 27.4 Å². The van der Waals surface area contributed by atoms with Gasteiger partial charge in [0.2, 0.25) is 17.6 Å². The summed E-state index contributed by atoms with van der Waals surface area (Å²) in [4.78, 5) is 22.4. The number of nitrogen functional groups attached to an aromatic ring is 1. The Morgan fingerprint density at radius 2 is 1.96 bits per heavy atom. The third kappa shape index (κ3) is 4.60. The van der Waals surface area contributed by atoms with Gasteiger partial charge in [-0.25, -0.2) is 0 Å². The van der Waals surface area contributed by atoms with E-state index in [4.69, 9.17) is 10.8 Å². The second-order valence-corrected chi connectivity index (χ2v) is 6.41. The van der Waals surface area contributed by atoms with Crippen molar-refractivity contribution in [2.45, 2.75) is 6.54 Å². The number of quaternary nitrogens is 1. The van der Waals surface area contributed by atoms with E-state index in [0.717, 1.165) is 19.6 Å². The SMILES string of the molecule is Nc1nc(NCCO)nc(N2CC[NH+](Cc3ccccc3)CC2)c1[N+](=O)[O-]. The zero-order valence-corrected chi connectivity index (χ0v) is 15.0. The van der Waals surface area contributed by atoms with E-state index in [1.54, 1.807) is 0 Å². The Labute approximate surface area is 156 Å². The molecule has 0 amide bonds. The number of nitro groups is 1. The molecule has 1 aromatic carbocycles. The zero-order valence-electron chi connectivity index (χ0n) is 15.0. The summed E-state index contributed by atoms with van der Waals surface area (Å²) in [6.07, 6.45) is 0. The van der Waals surface area contributed by atoms with Crippen LogP contribution in [0.4, 0.5) is 23.3 Å². The van der Waals surface area contributed by atoms with Crippen molar-refractivity contribution in [3.63, 3.8) is 0 Å². The molecule has 5 N–H and O–H groups in total. The average molecular weight is 374 g/mol. The van der Waals surface area contributed by atoms with Gasteiger partial charge < -0.3 is 26.0 Å². The Kier molecular flexibility index (Phi) is 5.99. The Morgan fingerprint density at radius 3 is 2.59 bits per heavy atom. The Morgan fingerprint density at radius 1 is 1.26 bits per heavy atom. The lowest BCUT2D eigenvalue weighted by Crippen LogP contribution is -3.13. The Hall–Kier alpha value is -2.98. The number of hydrogen-bond acceptors (Lipinski definition) is 8. The number of hydrogen-bond donors (Lipinski definition) is 4. The van der Waals surface area contributed by atoms with E-state index in [-0.39, 0.29) is 36.4 Å². The van der Waals surface area contributed by atoms with Crippen molar-refractivity contribution in [3.8, 4) is 0 Å². The summed E-state index contributed by atoms with van der Waals surface area (Å²) < 4.78 is 0. The van der Waals surface area contributed by atoms with Gasteiger partial charge in [0.05, 0.1) is 37.7 Å². The van der Waals surface area contributed by atoms with Gasteiger partial charge in [0.1, 0.15) is 6.54 Å². The number of aliphatic hydroxyl groups is 1. The number of nitrogens with zero attached hydrogens (tertiary/aromatic N) is 4. The van der Waals surface area contributed by atoms with Crippen LogP contribution in [0, 0.1) is 10.1 Å². The normalized spacial score (nSPS) is 14.9. The van der Waals surface area contributed by atoms with Crippen LogP contribution >= 0.6 is 0 Å². The smallest absolute Gasteiger partial charge is 0.353 e. The van der Waals surface area contributed by atoms with Crippen LogP contribution in [-0.4, -0.2) is 59.3 Å². The van der Waals surface area contributed by atoms with Crippen LogP contribution in [0.3, 0.4) is 0 Å². The molecule has 0 saturated carbocycles. The van der Waals surface area contributed by atoms with Crippen LogP contribution in [0.2, 0.25) is 0 Å². The molecule has 0 bridgehead atoms. The maximum Gasteiger partial charge on any atom is 0.353 e. The van der Waals surface area contributed by atoms with E-state index in [1.165, 1.54) is 10.5 Å². The predicted molar refractivity (Wildman–Crippen MR) is 102 cm³/mol. The minimum absolute atomic E-state index is 0.100. The van der Waals surface area contributed by atoms with Gasteiger partial charge in [0.15, 0.2) is 0 Å². The molecular weight excluding hydrogens is 350 g/mol. The van der Waals surface area contributed by atoms with Gasteiger partial charge in [0, 0.05) is 12.1 Å². The average Bonchev–Trinajstić information content (AvgIpc) is 2.67. The quantitative estimate of drug-likeness (QED) is 0.368. The van der Waals surface area contributed by atoms with E-state index < -0.39 is 4.92 Å². The maximum atomic E-state index is 11.5. The number of aromatic nitrogens is 2. The molecule has 0 aliphatic carbocycles. The van der Waals surface area contributed by atoms with E-state index >= 15 is 0 Å². The summed E-state index contributed by atoms with van der Waals surface area (Å²) in [5, 5.41) is 23.2. The van der Waals surface area contributed by atoms with E-state index in [0.29, 0.717) is 13.1 Å². The lowest BCUT2D eigenvalue weighted by molar-refractivity contribution is -0.914. The standard InChI is InChI=1S/C17H23N7O3/c18-15-14(24(26)27)16(21-17(20-15)19-6-11-25)23-9-7-22(8-10-23)12-13-4-2-1-3-5-13/h1-5,25H,6-12H2,(H3,18,19,20,21)/p+1. The molecule has 0 radical (unpaired) electrons. The minimum Gasteiger partial charge on any atom is -0.395 e. The molecule has 10 heteroatoms. The van der Waals surface area contributed by atoms with Crippen LogP contribution in [0.5, 0.6) is 0 Å². The highest BCUT2D eigenvalue weighted by molar-refractivity contribution is 5.71. The molecule has 27 heavy (non-hydrogen) atoms. The van der Waals surface area contributed by atoms with Crippen LogP contribution in [0.15, 0.2) is 30.3 Å². The summed E-state index contributed by atoms with van der Waals surface area (Å²) in [5.74, 6) is 0.234. The number of piperazine rings is 1. The van der Waals surface area contributed by atoms with Gasteiger partial charge in [-0.1, -0.05) is 30.3 Å². The van der Waals surface area contributed by atoms with Crippen molar-refractivity contribution >= 4 is 23.3 Å². The lowest BCUT2D eigenvalue weighted by atomic mass is 10.2. The van der Waals surface area contributed by atoms with Crippen molar-refractivity contribution in [2.24, 2.45) is 0 Å². The molecule has 10 nitrogen and oxygen atoms in total. The zero-order chi connectivity index (χ0) is 19.2. The Bertz CT molecular complexity index is 780. The first kappa shape index (κ1) is 18.8. The molecule has 1 fully saturated rings. The Balaban J connectivity index is 1.74. The number of aliphatic hydroxyl groups excluding tert-OH is 1. The highest BCUT2D eigenvalue weighted by Gasteiger charge is 2.30. The minimum atomic E-state index is -0.538. The molecule has 0 unspecified atom stereocenters. The summed E-state index contributed by atoms with van der Waals surface area (Å²) in [7, 11) is 0. The fourth-order valence-electron chi connectivity index (χ4n) is 3.20. The van der Waals surface area contributed by atoms with Gasteiger partial charge in [-0.2, -0.15) is 9.97 Å². The summed E-state index contributed by atoms with van der Waals surface area (Å²) in [6.45, 7) is 4.03. The summed E-state index contributed by atoms with van der Waals surface area (Å²) in [5.41, 5.74) is 6.81. The van der Waals surface area contributed by atoms with Gasteiger partial charge >= 0.3 is 5.69 Å². The fraction of sp³-hybridized carbons (Fsp3) is 0.412. The second-order valence-electron chi connectivity index (χ2n) is 6.41. The van der Waals surface area contributed by atoms with Gasteiger partial charge in [-0.3, -0.25) is 10.1 Å². The molecule has 3 rings (SSSR count). The maximum absolute atomic E-state index is 11.5. The highest BCUT2D eigenvalue weighted by Crippen LogP contribution is 2.31. The van der Waals surface area contributed by atoms with Crippen LogP contribution in [0.1, 0.15) is 5.56 Å². The second kappa shape index (κ2) is 8.60. The topological polar surface area (TPSA) is 135 Å². The summed E-state index contributed by atoms with van der Waals surface area (Å²) in [6, 6.07) is 10.3. The third-order valence-corrected chi connectivity index (χ3v) is 4.54. The highest BCUT2D eigenvalue weighted by atomic mass is 16.6. The molecule has 0 spiro atoms. The summed E-state index contributed by atoms with van der Waals surface area (Å²) >= 11 is 0. The molecule has 1 saturated heterocycles. The third-order valence-electron chi connectivity index (χ3n) is 4.54. The van der Waals surface area contributed by atoms with E-state index in [9.17, 15) is 10.1 Å². The molecule has 2 heterocycles. The molecule has 2 aromatic rings. The van der Waals surface area contributed by atoms with Crippen LogP contribution in [-0.2, 0) is 6.54 Å². The number of nitrogens with one attached hydrogen (secondary N) is 2. The largest absolute Gasteiger partial charge is 0.395 e. The van der Waals surface area contributed by atoms with Crippen LogP contribution in [0.25, 0.3) is 0 Å². The molecule has 144 valence electrons. The van der Waals surface area contributed by atoms with Crippen molar-refractivity contribution in [1.82, 2.24) is 9.97 Å². The predicted octanol–water partition coefficient (Wildman–Crippen LogP) is -0.724. The number of anilines is 3. The monoisotopic (exact) mass is 374 g/mol. The first-order chi connectivity index (χ1) is 13.1. The fourth-order valence-corrected chi connectivity index (χ4v) is 3.20. The van der Waals surface area contributed by atoms with Crippen molar-refractivity contribution in [2.75, 3.05) is 55.3 Å². The van der Waals surface area contributed by atoms with E-state index in [1.807, 2.05) is 23.1 Å². The number of rotatable bonds is 7.